The molecule has 1 fully saturated rings. The van der Waals surface area contributed by atoms with E-state index in [0.717, 1.165) is 18.4 Å². The topological polar surface area (TPSA) is 38.8 Å². The van der Waals surface area contributed by atoms with Gasteiger partial charge in [0.05, 0.1) is 6.61 Å². The molecule has 4 heteroatoms. The van der Waals surface area contributed by atoms with Crippen LogP contribution < -0.4 is 0 Å². The molecule has 0 saturated carbocycles. The third kappa shape index (κ3) is 3.46. The highest BCUT2D eigenvalue weighted by molar-refractivity contribution is 5.67. The second-order valence-electron chi connectivity index (χ2n) is 4.17. The van der Waals surface area contributed by atoms with E-state index in [4.69, 9.17) is 9.47 Å². The van der Waals surface area contributed by atoms with Gasteiger partial charge in [-0.3, -0.25) is 0 Å². The third-order valence-electron chi connectivity index (χ3n) is 2.69. The van der Waals surface area contributed by atoms with Crippen molar-refractivity contribution in [1.82, 2.24) is 4.90 Å². The molecule has 0 aliphatic carbocycles. The van der Waals surface area contributed by atoms with Crippen molar-refractivity contribution < 1.29 is 14.3 Å². The second kappa shape index (κ2) is 5.68. The summed E-state index contributed by atoms with van der Waals surface area (Å²) in [7, 11) is 1.73. The van der Waals surface area contributed by atoms with E-state index < -0.39 is 0 Å². The molecule has 1 aromatic carbocycles. The first-order valence-electron chi connectivity index (χ1n) is 5.83. The average Bonchev–Trinajstić information content (AvgIpc) is 2.83. The van der Waals surface area contributed by atoms with E-state index in [1.54, 1.807) is 11.9 Å². The zero-order chi connectivity index (χ0) is 12.1. The van der Waals surface area contributed by atoms with Crippen LogP contribution in [0.5, 0.6) is 0 Å². The van der Waals surface area contributed by atoms with Crippen molar-refractivity contribution >= 4 is 6.09 Å². The van der Waals surface area contributed by atoms with Crippen molar-refractivity contribution in [3.05, 3.63) is 35.9 Å². The number of hydrogen-bond donors (Lipinski definition) is 0. The number of hydrogen-bond acceptors (Lipinski definition) is 3. The fraction of sp³-hybridized carbons (Fsp3) is 0.462. The Kier molecular flexibility index (Phi) is 3.98. The van der Waals surface area contributed by atoms with Crippen molar-refractivity contribution in [2.45, 2.75) is 25.7 Å². The standard InChI is InChI=1S/C13H17NO3/c1-14(10-11-6-3-2-4-7-11)13(15)17-12-8-5-9-16-12/h2-4,6-7,12H,5,8-10H2,1H3/t12-/m0/s1. The lowest BCUT2D eigenvalue weighted by molar-refractivity contribution is -0.0770. The van der Waals surface area contributed by atoms with E-state index in [9.17, 15) is 4.79 Å². The quantitative estimate of drug-likeness (QED) is 0.807. The van der Waals surface area contributed by atoms with Gasteiger partial charge in [-0.15, -0.1) is 0 Å². The van der Waals surface area contributed by atoms with Gasteiger partial charge in [-0.2, -0.15) is 0 Å². The first-order chi connectivity index (χ1) is 8.25. The zero-order valence-corrected chi connectivity index (χ0v) is 9.96. The second-order valence-corrected chi connectivity index (χ2v) is 4.17. The Balaban J connectivity index is 1.82. The molecular weight excluding hydrogens is 218 g/mol. The van der Waals surface area contributed by atoms with Crippen molar-refractivity contribution in [1.29, 1.82) is 0 Å². The summed E-state index contributed by atoms with van der Waals surface area (Å²) in [5.74, 6) is 0. The van der Waals surface area contributed by atoms with Crippen molar-refractivity contribution in [3.63, 3.8) is 0 Å². The first-order valence-corrected chi connectivity index (χ1v) is 5.83. The van der Waals surface area contributed by atoms with Crippen LogP contribution in [0.3, 0.4) is 0 Å². The Morgan fingerprint density at radius 2 is 2.24 bits per heavy atom. The molecular formula is C13H17NO3. The van der Waals surface area contributed by atoms with Crippen LogP contribution in [0, 0.1) is 0 Å². The summed E-state index contributed by atoms with van der Waals surface area (Å²) >= 11 is 0. The summed E-state index contributed by atoms with van der Waals surface area (Å²) in [6.07, 6.45) is 1.06. The largest absolute Gasteiger partial charge is 0.419 e. The monoisotopic (exact) mass is 235 g/mol. The Hall–Kier alpha value is -1.55. The minimum Gasteiger partial charge on any atom is -0.419 e. The van der Waals surface area contributed by atoms with Crippen LogP contribution in [-0.4, -0.2) is 30.9 Å². The van der Waals surface area contributed by atoms with Crippen molar-refractivity contribution in [2.24, 2.45) is 0 Å². The molecule has 1 atom stereocenters. The van der Waals surface area contributed by atoms with Crippen LogP contribution in [0.1, 0.15) is 18.4 Å². The minimum absolute atomic E-state index is 0.333. The van der Waals surface area contributed by atoms with Gasteiger partial charge in [-0.1, -0.05) is 30.3 Å². The van der Waals surface area contributed by atoms with Gasteiger partial charge in [0.25, 0.3) is 0 Å². The Morgan fingerprint density at radius 3 is 2.88 bits per heavy atom. The van der Waals surface area contributed by atoms with Crippen LogP contribution in [-0.2, 0) is 16.0 Å². The molecule has 4 nitrogen and oxygen atoms in total. The highest BCUT2D eigenvalue weighted by atomic mass is 16.7. The highest BCUT2D eigenvalue weighted by Crippen LogP contribution is 2.14. The lowest BCUT2D eigenvalue weighted by atomic mass is 10.2. The minimum atomic E-state index is -0.360. The maximum Gasteiger partial charge on any atom is 0.412 e. The molecule has 1 saturated heterocycles. The summed E-state index contributed by atoms with van der Waals surface area (Å²) in [5.41, 5.74) is 1.08. The molecule has 0 unspecified atom stereocenters. The molecule has 0 N–H and O–H groups in total. The van der Waals surface area contributed by atoms with E-state index in [-0.39, 0.29) is 12.4 Å². The molecule has 0 bridgehead atoms. The van der Waals surface area contributed by atoms with Gasteiger partial charge in [0.2, 0.25) is 6.29 Å². The van der Waals surface area contributed by atoms with Crippen molar-refractivity contribution in [2.75, 3.05) is 13.7 Å². The van der Waals surface area contributed by atoms with E-state index in [1.807, 2.05) is 30.3 Å². The molecule has 1 heterocycles. The van der Waals surface area contributed by atoms with E-state index in [1.165, 1.54) is 0 Å². The summed E-state index contributed by atoms with van der Waals surface area (Å²) in [4.78, 5) is 13.3. The average molecular weight is 235 g/mol. The number of carbonyl (C=O) groups excluding carboxylic acids is 1. The van der Waals surface area contributed by atoms with E-state index >= 15 is 0 Å². The van der Waals surface area contributed by atoms with Crippen LogP contribution in [0.25, 0.3) is 0 Å². The predicted octanol–water partition coefficient (Wildman–Crippen LogP) is 2.39. The third-order valence-corrected chi connectivity index (χ3v) is 2.69. The Labute approximate surface area is 101 Å². The molecule has 92 valence electrons. The number of nitrogens with zero attached hydrogens (tertiary/aromatic N) is 1. The Morgan fingerprint density at radius 1 is 1.47 bits per heavy atom. The first kappa shape index (κ1) is 11.9. The number of amides is 1. The summed E-state index contributed by atoms with van der Waals surface area (Å²) in [6.45, 7) is 1.23. The molecule has 0 aromatic heterocycles. The Bertz CT molecular complexity index is 360. The molecule has 1 aromatic rings. The van der Waals surface area contributed by atoms with E-state index in [2.05, 4.69) is 0 Å². The summed E-state index contributed by atoms with van der Waals surface area (Å²) in [6, 6.07) is 9.82. The van der Waals surface area contributed by atoms with Gasteiger partial charge in [-0.05, 0) is 12.0 Å². The molecule has 17 heavy (non-hydrogen) atoms. The SMILES string of the molecule is CN(Cc1ccccc1)C(=O)O[C@H]1CCCO1. The lowest BCUT2D eigenvalue weighted by Gasteiger charge is -2.19. The van der Waals surface area contributed by atoms with Gasteiger partial charge >= 0.3 is 6.09 Å². The fourth-order valence-electron chi connectivity index (χ4n) is 1.77. The summed E-state index contributed by atoms with van der Waals surface area (Å²) < 4.78 is 10.5. The predicted molar refractivity (Wildman–Crippen MR) is 63.4 cm³/mol. The normalized spacial score (nSPS) is 19.0. The van der Waals surface area contributed by atoms with Gasteiger partial charge in [-0.25, -0.2) is 4.79 Å². The fourth-order valence-corrected chi connectivity index (χ4v) is 1.77. The molecule has 1 amide bonds. The number of carbonyl (C=O) groups is 1. The highest BCUT2D eigenvalue weighted by Gasteiger charge is 2.21. The molecule has 1 aliphatic heterocycles. The molecule has 1 aliphatic rings. The van der Waals surface area contributed by atoms with E-state index in [0.29, 0.717) is 13.2 Å². The van der Waals surface area contributed by atoms with Gasteiger partial charge < -0.3 is 14.4 Å². The van der Waals surface area contributed by atoms with Crippen LogP contribution in [0.2, 0.25) is 0 Å². The van der Waals surface area contributed by atoms with Crippen LogP contribution >= 0.6 is 0 Å². The maximum atomic E-state index is 11.7. The smallest absolute Gasteiger partial charge is 0.412 e. The van der Waals surface area contributed by atoms with Gasteiger partial charge in [0.15, 0.2) is 0 Å². The number of ether oxygens (including phenoxy) is 2. The molecule has 2 rings (SSSR count). The lowest BCUT2D eigenvalue weighted by Crippen LogP contribution is -2.30. The number of rotatable bonds is 3. The molecule has 0 spiro atoms. The summed E-state index contributed by atoms with van der Waals surface area (Å²) in [5, 5.41) is 0. The zero-order valence-electron chi connectivity index (χ0n) is 9.96. The molecule has 0 radical (unpaired) electrons. The van der Waals surface area contributed by atoms with Gasteiger partial charge in [0, 0.05) is 20.0 Å². The van der Waals surface area contributed by atoms with Crippen molar-refractivity contribution in [3.8, 4) is 0 Å². The van der Waals surface area contributed by atoms with Crippen LogP contribution in [0.15, 0.2) is 30.3 Å². The number of benzene rings is 1. The maximum absolute atomic E-state index is 11.7. The van der Waals surface area contributed by atoms with Crippen LogP contribution in [0.4, 0.5) is 4.79 Å². The van der Waals surface area contributed by atoms with Gasteiger partial charge in [0.1, 0.15) is 0 Å².